The van der Waals surface area contributed by atoms with Gasteiger partial charge in [-0.2, -0.15) is 0 Å². The van der Waals surface area contributed by atoms with Crippen LogP contribution < -0.4 is 4.74 Å². The third-order valence-electron chi connectivity index (χ3n) is 3.06. The van der Waals surface area contributed by atoms with Crippen LogP contribution in [0.1, 0.15) is 22.8 Å². The van der Waals surface area contributed by atoms with Gasteiger partial charge in [0, 0.05) is 11.1 Å². The second-order valence-electron chi connectivity index (χ2n) is 4.36. The summed E-state index contributed by atoms with van der Waals surface area (Å²) in [6.45, 7) is 3.92. The van der Waals surface area contributed by atoms with E-state index in [0.717, 1.165) is 0 Å². The summed E-state index contributed by atoms with van der Waals surface area (Å²) in [5.74, 6) is -0.864. The van der Waals surface area contributed by atoms with Crippen LogP contribution in [-0.4, -0.2) is 17.7 Å². The number of aromatic carboxylic acids is 1. The van der Waals surface area contributed by atoms with Crippen molar-refractivity contribution in [2.24, 2.45) is 0 Å². The zero-order valence-corrected chi connectivity index (χ0v) is 11.3. The second kappa shape index (κ2) is 5.74. The molecule has 1 N–H and O–H groups in total. The molecule has 2 rings (SSSR count). The summed E-state index contributed by atoms with van der Waals surface area (Å²) < 4.78 is 18.9. The molecule has 0 bridgehead atoms. The molecule has 104 valence electrons. The zero-order valence-electron chi connectivity index (χ0n) is 11.3. The summed E-state index contributed by atoms with van der Waals surface area (Å²) in [4.78, 5) is 11.2. The molecule has 0 saturated heterocycles. The van der Waals surface area contributed by atoms with Gasteiger partial charge in [0.05, 0.1) is 12.2 Å². The fraction of sp³-hybridized carbons (Fsp3) is 0.188. The van der Waals surface area contributed by atoms with E-state index in [9.17, 15) is 9.18 Å². The zero-order chi connectivity index (χ0) is 14.7. The lowest BCUT2D eigenvalue weighted by Gasteiger charge is -2.15. The molecule has 0 aliphatic rings. The number of carboxylic acids is 1. The molecule has 0 unspecified atom stereocenters. The molecule has 0 spiro atoms. The van der Waals surface area contributed by atoms with Gasteiger partial charge in [-0.15, -0.1) is 0 Å². The van der Waals surface area contributed by atoms with E-state index in [2.05, 4.69) is 0 Å². The first-order valence-corrected chi connectivity index (χ1v) is 6.30. The van der Waals surface area contributed by atoms with Crippen LogP contribution in [0.4, 0.5) is 4.39 Å². The molecule has 0 radical (unpaired) electrons. The van der Waals surface area contributed by atoms with Crippen LogP contribution in [0.15, 0.2) is 36.4 Å². The summed E-state index contributed by atoms with van der Waals surface area (Å²) in [6, 6.07) is 9.30. The third kappa shape index (κ3) is 2.64. The minimum Gasteiger partial charge on any atom is -0.493 e. The largest absolute Gasteiger partial charge is 0.493 e. The van der Waals surface area contributed by atoms with Gasteiger partial charge in [-0.05, 0) is 43.7 Å². The molecular formula is C16H15FO3. The van der Waals surface area contributed by atoms with Gasteiger partial charge in [-0.25, -0.2) is 9.18 Å². The highest BCUT2D eigenvalue weighted by molar-refractivity contribution is 5.92. The van der Waals surface area contributed by atoms with Crippen LogP contribution in [0.3, 0.4) is 0 Å². The average molecular weight is 274 g/mol. The number of ether oxygens (including phenoxy) is 1. The van der Waals surface area contributed by atoms with Crippen LogP contribution >= 0.6 is 0 Å². The number of halogens is 1. The van der Waals surface area contributed by atoms with Crippen LogP contribution in [0.2, 0.25) is 0 Å². The maximum Gasteiger partial charge on any atom is 0.336 e. The molecular weight excluding hydrogens is 259 g/mol. The van der Waals surface area contributed by atoms with Gasteiger partial charge in [0.15, 0.2) is 0 Å². The summed E-state index contributed by atoms with van der Waals surface area (Å²) in [6.07, 6.45) is 0. The fourth-order valence-corrected chi connectivity index (χ4v) is 2.14. The molecule has 20 heavy (non-hydrogen) atoms. The van der Waals surface area contributed by atoms with E-state index >= 15 is 0 Å². The van der Waals surface area contributed by atoms with E-state index in [1.807, 2.05) is 6.92 Å². The van der Waals surface area contributed by atoms with E-state index in [-0.39, 0.29) is 11.4 Å². The Morgan fingerprint density at radius 2 is 2.05 bits per heavy atom. The number of carboxylic acid groups (broad SMARTS) is 1. The summed E-state index contributed by atoms with van der Waals surface area (Å²) in [5, 5.41) is 9.15. The van der Waals surface area contributed by atoms with Crippen molar-refractivity contribution in [3.8, 4) is 16.9 Å². The second-order valence-corrected chi connectivity index (χ2v) is 4.36. The van der Waals surface area contributed by atoms with Gasteiger partial charge < -0.3 is 9.84 Å². The Bertz CT molecular complexity index is 650. The van der Waals surface area contributed by atoms with Crippen molar-refractivity contribution in [3.05, 3.63) is 53.3 Å². The van der Waals surface area contributed by atoms with Gasteiger partial charge in [-0.3, -0.25) is 0 Å². The smallest absolute Gasteiger partial charge is 0.336 e. The Morgan fingerprint density at radius 1 is 1.30 bits per heavy atom. The topological polar surface area (TPSA) is 46.5 Å². The fourth-order valence-electron chi connectivity index (χ4n) is 2.14. The van der Waals surface area contributed by atoms with Crippen LogP contribution in [0.5, 0.6) is 5.75 Å². The Morgan fingerprint density at radius 3 is 2.65 bits per heavy atom. The molecule has 4 heteroatoms. The first kappa shape index (κ1) is 14.1. The summed E-state index contributed by atoms with van der Waals surface area (Å²) in [5.41, 5.74) is 2.08. The lowest BCUT2D eigenvalue weighted by Crippen LogP contribution is -2.04. The van der Waals surface area contributed by atoms with Crippen LogP contribution in [-0.2, 0) is 0 Å². The van der Waals surface area contributed by atoms with Crippen molar-refractivity contribution in [1.82, 2.24) is 0 Å². The van der Waals surface area contributed by atoms with Gasteiger partial charge in [-0.1, -0.05) is 12.1 Å². The summed E-state index contributed by atoms with van der Waals surface area (Å²) >= 11 is 0. The highest BCUT2D eigenvalue weighted by Gasteiger charge is 2.16. The molecule has 0 saturated carbocycles. The minimum absolute atomic E-state index is 0.189. The highest BCUT2D eigenvalue weighted by Crippen LogP contribution is 2.35. The van der Waals surface area contributed by atoms with E-state index in [1.54, 1.807) is 25.1 Å². The van der Waals surface area contributed by atoms with Gasteiger partial charge >= 0.3 is 5.97 Å². The lowest BCUT2D eigenvalue weighted by atomic mass is 9.98. The third-order valence-corrected chi connectivity index (χ3v) is 3.06. The number of hydrogen-bond donors (Lipinski definition) is 1. The molecule has 0 aliphatic carbocycles. The molecule has 3 nitrogen and oxygen atoms in total. The standard InChI is InChI=1S/C16H15FO3/c1-3-20-15-10(2)13(16(18)19)7-8-14(15)11-5-4-6-12(17)9-11/h4-9H,3H2,1-2H3,(H,18,19). The van der Waals surface area contributed by atoms with Crippen molar-refractivity contribution >= 4 is 5.97 Å². The van der Waals surface area contributed by atoms with E-state index in [0.29, 0.717) is 29.0 Å². The van der Waals surface area contributed by atoms with Crippen molar-refractivity contribution in [2.45, 2.75) is 13.8 Å². The first-order valence-electron chi connectivity index (χ1n) is 6.30. The number of hydrogen-bond acceptors (Lipinski definition) is 2. The quantitative estimate of drug-likeness (QED) is 0.919. The molecule has 0 aliphatic heterocycles. The Kier molecular flexibility index (Phi) is 4.03. The van der Waals surface area contributed by atoms with Crippen molar-refractivity contribution in [3.63, 3.8) is 0 Å². The van der Waals surface area contributed by atoms with E-state index < -0.39 is 5.97 Å². The Balaban J connectivity index is 2.64. The van der Waals surface area contributed by atoms with Crippen molar-refractivity contribution < 1.29 is 19.0 Å². The van der Waals surface area contributed by atoms with Crippen LogP contribution in [0.25, 0.3) is 11.1 Å². The van der Waals surface area contributed by atoms with Crippen molar-refractivity contribution in [1.29, 1.82) is 0 Å². The van der Waals surface area contributed by atoms with E-state index in [1.165, 1.54) is 18.2 Å². The van der Waals surface area contributed by atoms with E-state index in [4.69, 9.17) is 9.84 Å². The predicted octanol–water partition coefficient (Wildman–Crippen LogP) is 3.90. The lowest BCUT2D eigenvalue weighted by molar-refractivity contribution is 0.0695. The molecule has 2 aromatic carbocycles. The molecule has 2 aromatic rings. The number of carbonyl (C=O) groups is 1. The Hall–Kier alpha value is -2.36. The van der Waals surface area contributed by atoms with Gasteiger partial charge in [0.25, 0.3) is 0 Å². The molecule has 0 fully saturated rings. The van der Waals surface area contributed by atoms with Crippen LogP contribution in [0, 0.1) is 12.7 Å². The number of benzene rings is 2. The molecule has 0 heterocycles. The SMILES string of the molecule is CCOc1c(-c2cccc(F)c2)ccc(C(=O)O)c1C. The normalized spacial score (nSPS) is 10.3. The predicted molar refractivity (Wildman–Crippen MR) is 74.7 cm³/mol. The Labute approximate surface area is 116 Å². The molecule has 0 amide bonds. The maximum atomic E-state index is 13.3. The maximum absolute atomic E-state index is 13.3. The number of rotatable bonds is 4. The molecule has 0 atom stereocenters. The molecule has 0 aromatic heterocycles. The summed E-state index contributed by atoms with van der Waals surface area (Å²) in [7, 11) is 0. The van der Waals surface area contributed by atoms with Gasteiger partial charge in [0.2, 0.25) is 0 Å². The average Bonchev–Trinajstić information content (AvgIpc) is 2.40. The minimum atomic E-state index is -1.01. The highest BCUT2D eigenvalue weighted by atomic mass is 19.1. The van der Waals surface area contributed by atoms with Crippen molar-refractivity contribution in [2.75, 3.05) is 6.61 Å². The first-order chi connectivity index (χ1) is 9.54. The van der Waals surface area contributed by atoms with Gasteiger partial charge in [0.1, 0.15) is 11.6 Å². The monoisotopic (exact) mass is 274 g/mol.